The second kappa shape index (κ2) is 12.1. The molecule has 0 radical (unpaired) electrons. The van der Waals surface area contributed by atoms with Crippen LogP contribution in [0.5, 0.6) is 5.75 Å². The molecule has 200 valence electrons. The molecule has 1 N–H and O–H groups in total. The lowest BCUT2D eigenvalue weighted by Gasteiger charge is -2.13. The normalized spacial score (nSPS) is 12.3. The van der Waals surface area contributed by atoms with Crippen LogP contribution in [0.15, 0.2) is 60.7 Å². The number of amides is 3. The van der Waals surface area contributed by atoms with Gasteiger partial charge in [-0.15, -0.1) is 0 Å². The van der Waals surface area contributed by atoms with Crippen LogP contribution in [0.25, 0.3) is 0 Å². The van der Waals surface area contributed by atoms with Gasteiger partial charge in [0.05, 0.1) is 21.2 Å². The molecule has 0 bridgehead atoms. The Balaban J connectivity index is 1.21. The van der Waals surface area contributed by atoms with Gasteiger partial charge < -0.3 is 10.1 Å². The highest BCUT2D eigenvalue weighted by molar-refractivity contribution is 6.36. The number of nitro benzene ring substituents is 1. The number of fused-ring (bicyclic) bond motifs is 1. The molecule has 1 aliphatic rings. The van der Waals surface area contributed by atoms with Crippen LogP contribution in [-0.2, 0) is 4.79 Å². The fourth-order valence-electron chi connectivity index (χ4n) is 4.03. The number of halogens is 2. The first-order chi connectivity index (χ1) is 18.7. The summed E-state index contributed by atoms with van der Waals surface area (Å²) in [5.41, 5.74) is 0.135. The van der Waals surface area contributed by atoms with E-state index in [-0.39, 0.29) is 29.8 Å². The minimum atomic E-state index is -0.686. The van der Waals surface area contributed by atoms with Gasteiger partial charge in [0.1, 0.15) is 11.3 Å². The van der Waals surface area contributed by atoms with Crippen molar-refractivity contribution in [1.82, 2.24) is 4.90 Å². The first-order valence-electron chi connectivity index (χ1n) is 11.9. The van der Waals surface area contributed by atoms with E-state index in [4.69, 9.17) is 27.9 Å². The van der Waals surface area contributed by atoms with E-state index < -0.39 is 34.3 Å². The summed E-state index contributed by atoms with van der Waals surface area (Å²) in [5.74, 6) is -1.87. The second-order valence-electron chi connectivity index (χ2n) is 8.61. The minimum absolute atomic E-state index is 0.0227. The standard InChI is InChI=1S/C27H21Cl2N3O7/c28-17-10-13-20(29)21(15-17)30-25(34)16-8-11-18(12-9-16)39-23(33)7-2-1-3-14-31-26(35)19-5-4-6-22(32(37)38)24(19)27(31)36/h4-6,8-13,15H,1-3,7,14H2,(H,30,34). The molecule has 0 aliphatic carbocycles. The van der Waals surface area contributed by atoms with E-state index in [0.717, 1.165) is 4.90 Å². The van der Waals surface area contributed by atoms with Crippen LogP contribution in [0.3, 0.4) is 0 Å². The molecular formula is C27H21Cl2N3O7. The van der Waals surface area contributed by atoms with Crippen LogP contribution in [0.4, 0.5) is 11.4 Å². The SMILES string of the molecule is O=C(CCCCCN1C(=O)c2cccc([N+](=O)[O-])c2C1=O)Oc1ccc(C(=O)Nc2cc(Cl)ccc2Cl)cc1. The number of ether oxygens (including phenoxy) is 1. The first kappa shape index (κ1) is 27.7. The summed E-state index contributed by atoms with van der Waals surface area (Å²) < 4.78 is 5.30. The van der Waals surface area contributed by atoms with E-state index in [9.17, 15) is 29.3 Å². The van der Waals surface area contributed by atoms with Crippen molar-refractivity contribution in [3.63, 3.8) is 0 Å². The molecule has 1 heterocycles. The maximum absolute atomic E-state index is 12.6. The zero-order valence-electron chi connectivity index (χ0n) is 20.3. The summed E-state index contributed by atoms with van der Waals surface area (Å²) in [4.78, 5) is 61.3. The van der Waals surface area contributed by atoms with Crippen molar-refractivity contribution in [2.24, 2.45) is 0 Å². The number of imide groups is 1. The molecule has 0 atom stereocenters. The molecule has 3 aromatic rings. The van der Waals surface area contributed by atoms with Gasteiger partial charge in [-0.1, -0.05) is 35.7 Å². The van der Waals surface area contributed by atoms with Gasteiger partial charge in [-0.05, 0) is 61.4 Å². The molecular weight excluding hydrogens is 549 g/mol. The van der Waals surface area contributed by atoms with E-state index in [2.05, 4.69) is 5.32 Å². The Hall–Kier alpha value is -4.28. The Morgan fingerprint density at radius 3 is 2.41 bits per heavy atom. The van der Waals surface area contributed by atoms with E-state index in [1.165, 1.54) is 48.5 Å². The number of unbranched alkanes of at least 4 members (excludes halogenated alkanes) is 2. The highest BCUT2D eigenvalue weighted by Gasteiger charge is 2.40. The summed E-state index contributed by atoms with van der Waals surface area (Å²) in [6, 6.07) is 14.7. The quantitative estimate of drug-likeness (QED) is 0.0799. The lowest BCUT2D eigenvalue weighted by molar-refractivity contribution is -0.385. The number of hydrogen-bond acceptors (Lipinski definition) is 7. The molecule has 0 saturated heterocycles. The number of anilines is 1. The average molecular weight is 570 g/mol. The summed E-state index contributed by atoms with van der Waals surface area (Å²) in [7, 11) is 0. The Morgan fingerprint density at radius 2 is 1.69 bits per heavy atom. The predicted molar refractivity (Wildman–Crippen MR) is 143 cm³/mol. The molecule has 0 unspecified atom stereocenters. The van der Waals surface area contributed by atoms with Gasteiger partial charge >= 0.3 is 5.97 Å². The Bertz CT molecular complexity index is 1470. The predicted octanol–water partition coefficient (Wildman–Crippen LogP) is 5.92. The number of nitro groups is 1. The van der Waals surface area contributed by atoms with Crippen LogP contribution < -0.4 is 10.1 Å². The molecule has 0 spiro atoms. The fourth-order valence-corrected chi connectivity index (χ4v) is 4.37. The molecule has 3 aromatic carbocycles. The monoisotopic (exact) mass is 569 g/mol. The number of nitrogens with one attached hydrogen (secondary N) is 1. The summed E-state index contributed by atoms with van der Waals surface area (Å²) >= 11 is 12.0. The Labute approximate surface area is 232 Å². The maximum atomic E-state index is 12.6. The van der Waals surface area contributed by atoms with Gasteiger partial charge in [-0.25, -0.2) is 0 Å². The number of carbonyl (C=O) groups excluding carboxylic acids is 4. The fraction of sp³-hybridized carbons (Fsp3) is 0.185. The maximum Gasteiger partial charge on any atom is 0.311 e. The molecule has 0 saturated carbocycles. The number of esters is 1. The number of nitrogens with zero attached hydrogens (tertiary/aromatic N) is 2. The zero-order valence-corrected chi connectivity index (χ0v) is 21.8. The van der Waals surface area contributed by atoms with Gasteiger partial charge in [0.15, 0.2) is 0 Å². The molecule has 39 heavy (non-hydrogen) atoms. The van der Waals surface area contributed by atoms with Gasteiger partial charge in [0.2, 0.25) is 0 Å². The van der Waals surface area contributed by atoms with Crippen LogP contribution in [-0.4, -0.2) is 40.1 Å². The number of hydrogen-bond donors (Lipinski definition) is 1. The topological polar surface area (TPSA) is 136 Å². The highest BCUT2D eigenvalue weighted by atomic mass is 35.5. The summed E-state index contributed by atoms with van der Waals surface area (Å²) in [6.45, 7) is 0.0858. The van der Waals surface area contributed by atoms with Crippen molar-refractivity contribution >= 4 is 58.3 Å². The van der Waals surface area contributed by atoms with Crippen molar-refractivity contribution in [3.05, 3.63) is 97.5 Å². The molecule has 0 aromatic heterocycles. The van der Waals surface area contributed by atoms with Gasteiger partial charge in [0.25, 0.3) is 23.4 Å². The Morgan fingerprint density at radius 1 is 0.949 bits per heavy atom. The Kier molecular flexibility index (Phi) is 8.58. The van der Waals surface area contributed by atoms with Gasteiger partial charge in [-0.3, -0.25) is 34.2 Å². The third-order valence-corrected chi connectivity index (χ3v) is 6.53. The van der Waals surface area contributed by atoms with E-state index in [0.29, 0.717) is 40.6 Å². The number of rotatable bonds is 10. The second-order valence-corrected chi connectivity index (χ2v) is 9.45. The van der Waals surface area contributed by atoms with Crippen molar-refractivity contribution in [2.75, 3.05) is 11.9 Å². The van der Waals surface area contributed by atoms with Crippen LogP contribution in [0, 0.1) is 10.1 Å². The first-order valence-corrected chi connectivity index (χ1v) is 12.6. The molecule has 4 rings (SSSR count). The van der Waals surface area contributed by atoms with E-state index in [1.54, 1.807) is 12.1 Å². The number of benzene rings is 3. The molecule has 0 fully saturated rings. The van der Waals surface area contributed by atoms with Gasteiger partial charge in [0, 0.05) is 29.6 Å². The highest BCUT2D eigenvalue weighted by Crippen LogP contribution is 2.31. The molecule has 12 heteroatoms. The van der Waals surface area contributed by atoms with Crippen LogP contribution in [0.2, 0.25) is 10.0 Å². The minimum Gasteiger partial charge on any atom is -0.427 e. The van der Waals surface area contributed by atoms with Crippen LogP contribution >= 0.6 is 23.2 Å². The number of carbonyl (C=O) groups is 4. The van der Waals surface area contributed by atoms with Gasteiger partial charge in [-0.2, -0.15) is 0 Å². The van der Waals surface area contributed by atoms with E-state index >= 15 is 0 Å². The van der Waals surface area contributed by atoms with E-state index in [1.807, 2.05) is 0 Å². The molecule has 10 nitrogen and oxygen atoms in total. The lowest BCUT2D eigenvalue weighted by atomic mass is 10.1. The lowest BCUT2D eigenvalue weighted by Crippen LogP contribution is -2.30. The largest absolute Gasteiger partial charge is 0.427 e. The third kappa shape index (κ3) is 6.42. The smallest absolute Gasteiger partial charge is 0.311 e. The third-order valence-electron chi connectivity index (χ3n) is 5.96. The summed E-state index contributed by atoms with van der Waals surface area (Å²) in [6.07, 6.45) is 1.49. The van der Waals surface area contributed by atoms with Crippen LogP contribution in [0.1, 0.15) is 56.8 Å². The van der Waals surface area contributed by atoms with Crippen molar-refractivity contribution in [3.8, 4) is 5.75 Å². The van der Waals surface area contributed by atoms with Crippen molar-refractivity contribution in [1.29, 1.82) is 0 Å². The zero-order chi connectivity index (χ0) is 28.1. The van der Waals surface area contributed by atoms with Crippen molar-refractivity contribution in [2.45, 2.75) is 25.7 Å². The molecule has 1 aliphatic heterocycles. The van der Waals surface area contributed by atoms with Crippen molar-refractivity contribution < 1.29 is 28.8 Å². The molecule has 3 amide bonds. The average Bonchev–Trinajstić information content (AvgIpc) is 3.15. The summed E-state index contributed by atoms with van der Waals surface area (Å²) in [5, 5.41) is 14.6.